The van der Waals surface area contributed by atoms with Crippen LogP contribution in [0.2, 0.25) is 0 Å². The van der Waals surface area contributed by atoms with Crippen LogP contribution in [0, 0.1) is 11.8 Å². The molecule has 136 valence electrons. The van der Waals surface area contributed by atoms with Crippen molar-refractivity contribution in [2.75, 3.05) is 18.2 Å². The van der Waals surface area contributed by atoms with Crippen LogP contribution in [-0.4, -0.2) is 42.9 Å². The summed E-state index contributed by atoms with van der Waals surface area (Å²) < 4.78 is 16.9. The summed E-state index contributed by atoms with van der Waals surface area (Å²) in [4.78, 5) is 27.6. The van der Waals surface area contributed by atoms with E-state index in [1.807, 2.05) is 32.1 Å². The molecule has 4 aliphatic heterocycles. The smallest absolute Gasteiger partial charge is 0.234 e. The van der Waals surface area contributed by atoms with Gasteiger partial charge >= 0.3 is 0 Å². The molecule has 0 unspecified atom stereocenters. The van der Waals surface area contributed by atoms with E-state index in [2.05, 4.69) is 5.32 Å². The maximum Gasteiger partial charge on any atom is 0.234 e. The van der Waals surface area contributed by atoms with Crippen LogP contribution in [0.4, 0.5) is 5.69 Å². The minimum atomic E-state index is -0.725. The van der Waals surface area contributed by atoms with Crippen molar-refractivity contribution in [2.24, 2.45) is 11.8 Å². The summed E-state index contributed by atoms with van der Waals surface area (Å²) in [6.45, 7) is 4.40. The van der Waals surface area contributed by atoms with Gasteiger partial charge in [-0.15, -0.1) is 0 Å². The lowest BCUT2D eigenvalue weighted by Crippen LogP contribution is -2.45. The molecule has 4 heterocycles. The molecule has 2 bridgehead atoms. The predicted octanol–water partition coefficient (Wildman–Crippen LogP) is 1.23. The van der Waals surface area contributed by atoms with E-state index in [-0.39, 0.29) is 30.8 Å². The SMILES string of the molecule is CC(C)NC(=O)[C@@H]1[C@H]2C(=O)N(c3ccc4c(c3)OCO4)C[C@]23C=C[C@H]1O3. The second kappa shape index (κ2) is 5.23. The number of rotatable bonds is 3. The maximum absolute atomic E-state index is 13.2. The lowest BCUT2D eigenvalue weighted by molar-refractivity contribution is -0.132. The molecule has 1 aromatic rings. The number of carbonyl (C=O) groups excluding carboxylic acids is 2. The number of benzene rings is 1. The van der Waals surface area contributed by atoms with Gasteiger partial charge in [0.05, 0.1) is 24.5 Å². The molecule has 0 radical (unpaired) electrons. The third-order valence-corrected chi connectivity index (χ3v) is 5.50. The van der Waals surface area contributed by atoms with Gasteiger partial charge in [-0.3, -0.25) is 9.59 Å². The lowest BCUT2D eigenvalue weighted by atomic mass is 9.76. The van der Waals surface area contributed by atoms with Gasteiger partial charge in [0.2, 0.25) is 18.6 Å². The van der Waals surface area contributed by atoms with E-state index in [1.54, 1.807) is 17.0 Å². The van der Waals surface area contributed by atoms with Gasteiger partial charge in [0, 0.05) is 17.8 Å². The molecule has 1 N–H and O–H groups in total. The van der Waals surface area contributed by atoms with E-state index in [0.717, 1.165) is 5.69 Å². The highest BCUT2D eigenvalue weighted by molar-refractivity contribution is 6.03. The second-order valence-corrected chi connectivity index (χ2v) is 7.53. The Morgan fingerprint density at radius 2 is 2.12 bits per heavy atom. The van der Waals surface area contributed by atoms with Gasteiger partial charge in [-0.2, -0.15) is 0 Å². The first-order valence-corrected chi connectivity index (χ1v) is 8.87. The molecule has 2 saturated heterocycles. The average molecular weight is 356 g/mol. The van der Waals surface area contributed by atoms with Crippen LogP contribution in [0.15, 0.2) is 30.4 Å². The number of hydrogen-bond acceptors (Lipinski definition) is 5. The first-order chi connectivity index (χ1) is 12.5. The zero-order valence-corrected chi connectivity index (χ0v) is 14.6. The van der Waals surface area contributed by atoms with Crippen molar-refractivity contribution >= 4 is 17.5 Å². The van der Waals surface area contributed by atoms with E-state index in [9.17, 15) is 9.59 Å². The van der Waals surface area contributed by atoms with E-state index in [1.165, 1.54) is 0 Å². The monoisotopic (exact) mass is 356 g/mol. The summed E-state index contributed by atoms with van der Waals surface area (Å²) in [6, 6.07) is 5.45. The molecule has 2 amide bonds. The first kappa shape index (κ1) is 15.7. The molecule has 4 aliphatic rings. The molecule has 1 spiro atoms. The van der Waals surface area contributed by atoms with Crippen molar-refractivity contribution in [1.29, 1.82) is 0 Å². The Hall–Kier alpha value is -2.54. The molecular weight excluding hydrogens is 336 g/mol. The number of hydrogen-bond donors (Lipinski definition) is 1. The van der Waals surface area contributed by atoms with Gasteiger partial charge in [-0.1, -0.05) is 12.2 Å². The molecule has 7 heteroatoms. The van der Waals surface area contributed by atoms with E-state index < -0.39 is 17.4 Å². The number of fused-ring (bicyclic) bond motifs is 2. The highest BCUT2D eigenvalue weighted by Crippen LogP contribution is 2.53. The molecule has 0 aliphatic carbocycles. The summed E-state index contributed by atoms with van der Waals surface area (Å²) in [7, 11) is 0. The summed E-state index contributed by atoms with van der Waals surface area (Å²) >= 11 is 0. The Morgan fingerprint density at radius 1 is 1.31 bits per heavy atom. The fourth-order valence-electron chi connectivity index (χ4n) is 4.45. The highest BCUT2D eigenvalue weighted by Gasteiger charge is 2.67. The largest absolute Gasteiger partial charge is 0.454 e. The minimum Gasteiger partial charge on any atom is -0.454 e. The van der Waals surface area contributed by atoms with Crippen molar-refractivity contribution in [3.8, 4) is 11.5 Å². The van der Waals surface area contributed by atoms with E-state index >= 15 is 0 Å². The molecule has 5 rings (SSSR count). The number of amides is 2. The van der Waals surface area contributed by atoms with Gasteiger partial charge in [0.1, 0.15) is 5.60 Å². The lowest BCUT2D eigenvalue weighted by Gasteiger charge is -2.24. The standard InChI is InChI=1S/C19H20N2O5/c1-10(2)20-17(22)15-13-5-6-19(26-13)8-21(18(23)16(15)19)11-3-4-12-14(7-11)25-9-24-12/h3-7,10,13,15-16H,8-9H2,1-2H3,(H,20,22)/t13-,15+,16+,19-/m1/s1. The minimum absolute atomic E-state index is 0.0167. The van der Waals surface area contributed by atoms with Crippen LogP contribution in [0.3, 0.4) is 0 Å². The quantitative estimate of drug-likeness (QED) is 0.825. The Balaban J connectivity index is 1.48. The Labute approximate surface area is 150 Å². The third-order valence-electron chi connectivity index (χ3n) is 5.50. The number of carbonyl (C=O) groups is 2. The highest BCUT2D eigenvalue weighted by atomic mass is 16.7. The predicted molar refractivity (Wildman–Crippen MR) is 91.9 cm³/mol. The normalized spacial score (nSPS) is 33.3. The average Bonchev–Trinajstić information content (AvgIpc) is 3.33. The molecule has 1 aromatic carbocycles. The summed E-state index contributed by atoms with van der Waals surface area (Å²) in [5.74, 6) is 0.0991. The fourth-order valence-corrected chi connectivity index (χ4v) is 4.45. The number of nitrogens with one attached hydrogen (secondary N) is 1. The molecule has 26 heavy (non-hydrogen) atoms. The van der Waals surface area contributed by atoms with E-state index in [4.69, 9.17) is 14.2 Å². The zero-order valence-electron chi connectivity index (χ0n) is 14.6. The topological polar surface area (TPSA) is 77.1 Å². The molecule has 2 fully saturated rings. The molecule has 7 nitrogen and oxygen atoms in total. The zero-order chi connectivity index (χ0) is 18.1. The van der Waals surface area contributed by atoms with Gasteiger partial charge < -0.3 is 24.4 Å². The van der Waals surface area contributed by atoms with Gasteiger partial charge in [0.15, 0.2) is 11.5 Å². The summed E-state index contributed by atoms with van der Waals surface area (Å²) in [5, 5.41) is 2.93. The van der Waals surface area contributed by atoms with Crippen molar-refractivity contribution in [2.45, 2.75) is 31.6 Å². The Morgan fingerprint density at radius 3 is 2.92 bits per heavy atom. The number of ether oxygens (including phenoxy) is 3. The van der Waals surface area contributed by atoms with Gasteiger partial charge in [-0.05, 0) is 26.0 Å². The number of anilines is 1. The summed E-state index contributed by atoms with van der Waals surface area (Å²) in [5.41, 5.74) is 0.00314. The Kier molecular flexibility index (Phi) is 3.16. The third kappa shape index (κ3) is 2.03. The molecule has 0 saturated carbocycles. The fraction of sp³-hybridized carbons (Fsp3) is 0.474. The van der Waals surface area contributed by atoms with Crippen molar-refractivity contribution in [3.63, 3.8) is 0 Å². The molecular formula is C19H20N2O5. The van der Waals surface area contributed by atoms with Crippen LogP contribution >= 0.6 is 0 Å². The second-order valence-electron chi connectivity index (χ2n) is 7.53. The van der Waals surface area contributed by atoms with Crippen LogP contribution in [0.5, 0.6) is 11.5 Å². The first-order valence-electron chi connectivity index (χ1n) is 8.87. The van der Waals surface area contributed by atoms with Crippen LogP contribution in [0.1, 0.15) is 13.8 Å². The van der Waals surface area contributed by atoms with Crippen LogP contribution in [-0.2, 0) is 14.3 Å². The van der Waals surface area contributed by atoms with Crippen molar-refractivity contribution in [3.05, 3.63) is 30.4 Å². The maximum atomic E-state index is 13.2. The van der Waals surface area contributed by atoms with Crippen molar-refractivity contribution < 1.29 is 23.8 Å². The molecule has 4 atom stereocenters. The molecule has 0 aromatic heterocycles. The number of nitrogens with zero attached hydrogens (tertiary/aromatic N) is 1. The summed E-state index contributed by atoms with van der Waals surface area (Å²) in [6.07, 6.45) is 3.53. The van der Waals surface area contributed by atoms with Crippen LogP contribution in [0.25, 0.3) is 0 Å². The van der Waals surface area contributed by atoms with Crippen LogP contribution < -0.4 is 19.7 Å². The van der Waals surface area contributed by atoms with Gasteiger partial charge in [-0.25, -0.2) is 0 Å². The van der Waals surface area contributed by atoms with Gasteiger partial charge in [0.25, 0.3) is 0 Å². The van der Waals surface area contributed by atoms with E-state index in [0.29, 0.717) is 18.0 Å². The Bertz CT molecular complexity index is 835. The van der Waals surface area contributed by atoms with Crippen molar-refractivity contribution in [1.82, 2.24) is 5.32 Å².